The van der Waals surface area contributed by atoms with Crippen molar-refractivity contribution in [1.82, 2.24) is 24.9 Å². The molecule has 22 heavy (non-hydrogen) atoms. The van der Waals surface area contributed by atoms with Gasteiger partial charge in [0.1, 0.15) is 12.2 Å². The molecule has 1 aliphatic heterocycles. The molecule has 0 spiro atoms. The maximum atomic E-state index is 12.8. The van der Waals surface area contributed by atoms with Gasteiger partial charge in [0.25, 0.3) is 0 Å². The fraction of sp³-hybridized carbons (Fsp3) is 0.462. The third-order valence-corrected chi connectivity index (χ3v) is 3.23. The van der Waals surface area contributed by atoms with E-state index in [9.17, 15) is 4.39 Å². The number of hydrogen-bond acceptors (Lipinski definition) is 8. The number of morpholine rings is 1. The van der Waals surface area contributed by atoms with Gasteiger partial charge in [0.05, 0.1) is 31.6 Å². The van der Waals surface area contributed by atoms with Crippen LogP contribution in [-0.2, 0) is 4.74 Å². The van der Waals surface area contributed by atoms with Gasteiger partial charge in [-0.25, -0.2) is 24.3 Å². The Labute approximate surface area is 126 Å². The molecule has 116 valence electrons. The van der Waals surface area contributed by atoms with E-state index in [2.05, 4.69) is 30.2 Å². The summed E-state index contributed by atoms with van der Waals surface area (Å²) in [4.78, 5) is 22.6. The third kappa shape index (κ3) is 3.42. The molecular weight excluding hydrogens is 289 g/mol. The predicted octanol–water partition coefficient (Wildman–Crippen LogP) is 0.810. The topological polar surface area (TPSA) is 89.0 Å². The van der Waals surface area contributed by atoms with Gasteiger partial charge in [-0.15, -0.1) is 0 Å². The average molecular weight is 305 g/mol. The van der Waals surface area contributed by atoms with E-state index in [1.54, 1.807) is 0 Å². The second-order valence-electron chi connectivity index (χ2n) is 4.83. The molecule has 0 aromatic carbocycles. The number of halogens is 1. The first-order valence-electron chi connectivity index (χ1n) is 6.98. The van der Waals surface area contributed by atoms with Gasteiger partial charge in [-0.3, -0.25) is 0 Å². The van der Waals surface area contributed by atoms with Crippen LogP contribution >= 0.6 is 0 Å². The maximum Gasteiger partial charge on any atom is 0.230 e. The summed E-state index contributed by atoms with van der Waals surface area (Å²) in [6.45, 7) is 4.67. The Morgan fingerprint density at radius 3 is 2.64 bits per heavy atom. The van der Waals surface area contributed by atoms with E-state index in [0.29, 0.717) is 30.9 Å². The zero-order chi connectivity index (χ0) is 15.4. The van der Waals surface area contributed by atoms with Gasteiger partial charge in [0.15, 0.2) is 5.82 Å². The molecule has 1 fully saturated rings. The molecule has 1 N–H and O–H groups in total. The third-order valence-electron chi connectivity index (χ3n) is 3.23. The maximum absolute atomic E-state index is 12.8. The zero-order valence-electron chi connectivity index (χ0n) is 12.1. The average Bonchev–Trinajstić information content (AvgIpc) is 2.56. The molecule has 2 aromatic rings. The Hall–Kier alpha value is -2.42. The molecule has 0 amide bonds. The summed E-state index contributed by atoms with van der Waals surface area (Å²) in [6, 6.07) is -0.250. The quantitative estimate of drug-likeness (QED) is 0.887. The van der Waals surface area contributed by atoms with Crippen LogP contribution in [0.25, 0.3) is 0 Å². The molecule has 2 aromatic heterocycles. The highest BCUT2D eigenvalue weighted by Crippen LogP contribution is 2.15. The molecule has 3 rings (SSSR count). The summed E-state index contributed by atoms with van der Waals surface area (Å²) in [5.41, 5.74) is 0. The standard InChI is InChI=1S/C13H16FN7O/c1-9(11-15-6-10(14)7-16-11)19-12-17-8-18-13(20-12)21-2-4-22-5-3-21/h6-9H,2-5H2,1H3,(H,17,18,19,20)/t9-/m0/s1. The Kier molecular flexibility index (Phi) is 4.33. The first-order valence-corrected chi connectivity index (χ1v) is 6.98. The van der Waals surface area contributed by atoms with Crippen molar-refractivity contribution in [2.45, 2.75) is 13.0 Å². The lowest BCUT2D eigenvalue weighted by Crippen LogP contribution is -2.37. The summed E-state index contributed by atoms with van der Waals surface area (Å²) >= 11 is 0. The van der Waals surface area contributed by atoms with Gasteiger partial charge in [-0.05, 0) is 6.92 Å². The number of anilines is 2. The van der Waals surface area contributed by atoms with Crippen LogP contribution in [0.4, 0.5) is 16.3 Å². The highest BCUT2D eigenvalue weighted by molar-refractivity contribution is 5.36. The smallest absolute Gasteiger partial charge is 0.230 e. The highest BCUT2D eigenvalue weighted by Gasteiger charge is 2.16. The van der Waals surface area contributed by atoms with Crippen LogP contribution in [0, 0.1) is 5.82 Å². The Morgan fingerprint density at radius 2 is 1.91 bits per heavy atom. The minimum absolute atomic E-state index is 0.250. The molecule has 0 radical (unpaired) electrons. The van der Waals surface area contributed by atoms with Crippen molar-refractivity contribution in [3.8, 4) is 0 Å². The minimum atomic E-state index is -0.467. The second kappa shape index (κ2) is 6.56. The van der Waals surface area contributed by atoms with Gasteiger partial charge >= 0.3 is 0 Å². The van der Waals surface area contributed by atoms with Crippen LogP contribution < -0.4 is 10.2 Å². The number of hydrogen-bond donors (Lipinski definition) is 1. The fourth-order valence-corrected chi connectivity index (χ4v) is 2.08. The van der Waals surface area contributed by atoms with Crippen molar-refractivity contribution in [3.05, 3.63) is 30.4 Å². The molecule has 8 nitrogen and oxygen atoms in total. The fourth-order valence-electron chi connectivity index (χ4n) is 2.08. The lowest BCUT2D eigenvalue weighted by molar-refractivity contribution is 0.122. The van der Waals surface area contributed by atoms with E-state index >= 15 is 0 Å². The molecule has 3 heterocycles. The van der Waals surface area contributed by atoms with Crippen LogP contribution in [0.3, 0.4) is 0 Å². The van der Waals surface area contributed by atoms with Crippen LogP contribution in [0.15, 0.2) is 18.7 Å². The lowest BCUT2D eigenvalue weighted by Gasteiger charge is -2.26. The Balaban J connectivity index is 1.70. The van der Waals surface area contributed by atoms with Gasteiger partial charge in [0.2, 0.25) is 11.9 Å². The minimum Gasteiger partial charge on any atom is -0.378 e. The van der Waals surface area contributed by atoms with Crippen LogP contribution in [0.5, 0.6) is 0 Å². The van der Waals surface area contributed by atoms with Crippen molar-refractivity contribution in [2.75, 3.05) is 36.5 Å². The van der Waals surface area contributed by atoms with Gasteiger partial charge in [-0.2, -0.15) is 4.98 Å². The molecule has 0 unspecified atom stereocenters. The van der Waals surface area contributed by atoms with Gasteiger partial charge < -0.3 is 15.0 Å². The first-order chi connectivity index (χ1) is 10.7. The lowest BCUT2D eigenvalue weighted by atomic mass is 10.3. The van der Waals surface area contributed by atoms with Crippen LogP contribution in [0.1, 0.15) is 18.8 Å². The number of aromatic nitrogens is 5. The van der Waals surface area contributed by atoms with Crippen molar-refractivity contribution in [2.24, 2.45) is 0 Å². The highest BCUT2D eigenvalue weighted by atomic mass is 19.1. The van der Waals surface area contributed by atoms with E-state index in [1.165, 1.54) is 6.33 Å². The normalized spacial score (nSPS) is 16.4. The summed E-state index contributed by atoms with van der Waals surface area (Å²) in [6.07, 6.45) is 3.72. The number of nitrogens with one attached hydrogen (secondary N) is 1. The van der Waals surface area contributed by atoms with E-state index in [4.69, 9.17) is 4.74 Å². The van der Waals surface area contributed by atoms with Crippen molar-refractivity contribution in [1.29, 1.82) is 0 Å². The monoisotopic (exact) mass is 305 g/mol. The van der Waals surface area contributed by atoms with E-state index in [1.807, 2.05) is 11.8 Å². The molecule has 0 aliphatic carbocycles. The van der Waals surface area contributed by atoms with Crippen LogP contribution in [-0.4, -0.2) is 51.2 Å². The molecule has 0 bridgehead atoms. The van der Waals surface area contributed by atoms with E-state index in [-0.39, 0.29) is 6.04 Å². The molecule has 1 saturated heterocycles. The summed E-state index contributed by atoms with van der Waals surface area (Å²) in [5, 5.41) is 3.09. The largest absolute Gasteiger partial charge is 0.378 e. The van der Waals surface area contributed by atoms with Crippen molar-refractivity contribution in [3.63, 3.8) is 0 Å². The molecule has 1 atom stereocenters. The van der Waals surface area contributed by atoms with E-state index < -0.39 is 5.82 Å². The summed E-state index contributed by atoms with van der Waals surface area (Å²) in [7, 11) is 0. The number of rotatable bonds is 4. The Bertz CT molecular complexity index is 618. The first kappa shape index (κ1) is 14.5. The van der Waals surface area contributed by atoms with Crippen LogP contribution in [0.2, 0.25) is 0 Å². The predicted molar refractivity (Wildman–Crippen MR) is 76.9 cm³/mol. The van der Waals surface area contributed by atoms with Gasteiger partial charge in [-0.1, -0.05) is 0 Å². The number of ether oxygens (including phenoxy) is 1. The van der Waals surface area contributed by atoms with Gasteiger partial charge in [0, 0.05) is 13.1 Å². The molecular formula is C13H16FN7O. The molecule has 0 saturated carbocycles. The molecule has 9 heteroatoms. The van der Waals surface area contributed by atoms with Crippen molar-refractivity contribution >= 4 is 11.9 Å². The van der Waals surface area contributed by atoms with Crippen molar-refractivity contribution < 1.29 is 9.13 Å². The number of nitrogens with zero attached hydrogens (tertiary/aromatic N) is 6. The summed E-state index contributed by atoms with van der Waals surface area (Å²) in [5.74, 6) is 1.03. The molecule has 1 aliphatic rings. The second-order valence-corrected chi connectivity index (χ2v) is 4.83. The van der Waals surface area contributed by atoms with E-state index in [0.717, 1.165) is 25.5 Å². The zero-order valence-corrected chi connectivity index (χ0v) is 12.1. The Morgan fingerprint density at radius 1 is 1.18 bits per heavy atom. The SMILES string of the molecule is C[C@H](Nc1ncnc(N2CCOCC2)n1)c1ncc(F)cn1. The summed E-state index contributed by atoms with van der Waals surface area (Å²) < 4.78 is 18.1.